The van der Waals surface area contributed by atoms with Crippen LogP contribution in [0.1, 0.15) is 6.92 Å². The van der Waals surface area contributed by atoms with Gasteiger partial charge in [0.2, 0.25) is 5.91 Å². The van der Waals surface area contributed by atoms with Gasteiger partial charge in [-0.1, -0.05) is 6.92 Å². The number of ether oxygens (including phenoxy) is 1. The molecule has 2 N–H and O–H groups in total. The molecule has 0 saturated carbocycles. The summed E-state index contributed by atoms with van der Waals surface area (Å²) in [5.41, 5.74) is 0. The summed E-state index contributed by atoms with van der Waals surface area (Å²) in [7, 11) is 0. The topological polar surface area (TPSA) is 50.4 Å². The Bertz CT molecular complexity index is 156. The molecule has 0 fully saturated rings. The van der Waals surface area contributed by atoms with Gasteiger partial charge in [0.15, 0.2) is 0 Å². The number of halogens is 2. The van der Waals surface area contributed by atoms with Gasteiger partial charge in [-0.25, -0.2) is 8.78 Å². The summed E-state index contributed by atoms with van der Waals surface area (Å²) in [6.07, 6.45) is -2.45. The number of carbonyl (C=O) groups is 1. The van der Waals surface area contributed by atoms with Crippen molar-refractivity contribution in [1.29, 1.82) is 0 Å². The third kappa shape index (κ3) is 9.34. The van der Waals surface area contributed by atoms with E-state index in [0.29, 0.717) is 0 Å². The fourth-order valence-electron chi connectivity index (χ4n) is 0.736. The van der Waals surface area contributed by atoms with Crippen LogP contribution in [0.15, 0.2) is 0 Å². The third-order valence-corrected chi connectivity index (χ3v) is 1.35. The predicted octanol–water partition coefficient (Wildman–Crippen LogP) is -0.00620. The standard InChI is InChI=1S/C8H16F2N2O2/c1-2-11-5-8(13)12-3-4-14-6-7(9)10/h7,11H,2-6H2,1H3,(H,12,13). The number of carbonyl (C=O) groups excluding carboxylic acids is 1. The lowest BCUT2D eigenvalue weighted by Gasteiger charge is -2.06. The Morgan fingerprint density at radius 2 is 2.21 bits per heavy atom. The van der Waals surface area contributed by atoms with Gasteiger partial charge in [0.05, 0.1) is 13.2 Å². The molecule has 0 spiro atoms. The van der Waals surface area contributed by atoms with Crippen molar-refractivity contribution in [2.24, 2.45) is 0 Å². The van der Waals surface area contributed by atoms with Crippen LogP contribution < -0.4 is 10.6 Å². The number of likely N-dealkylation sites (N-methyl/N-ethyl adjacent to an activating group) is 1. The molecule has 0 rings (SSSR count). The van der Waals surface area contributed by atoms with Crippen molar-refractivity contribution in [1.82, 2.24) is 10.6 Å². The molecular formula is C8H16F2N2O2. The normalized spacial score (nSPS) is 10.6. The lowest BCUT2D eigenvalue weighted by Crippen LogP contribution is -2.35. The van der Waals surface area contributed by atoms with Gasteiger partial charge in [-0.2, -0.15) is 0 Å². The second-order valence-electron chi connectivity index (χ2n) is 2.60. The van der Waals surface area contributed by atoms with E-state index in [9.17, 15) is 13.6 Å². The summed E-state index contributed by atoms with van der Waals surface area (Å²) in [6.45, 7) is 2.64. The van der Waals surface area contributed by atoms with Gasteiger partial charge in [-0.3, -0.25) is 4.79 Å². The first-order valence-corrected chi connectivity index (χ1v) is 4.50. The first-order chi connectivity index (χ1) is 6.66. The molecule has 6 heteroatoms. The first kappa shape index (κ1) is 13.2. The molecule has 84 valence electrons. The van der Waals surface area contributed by atoms with Crippen molar-refractivity contribution in [3.63, 3.8) is 0 Å². The Hall–Kier alpha value is -0.750. The molecule has 0 aromatic heterocycles. The van der Waals surface area contributed by atoms with Crippen molar-refractivity contribution >= 4 is 5.91 Å². The van der Waals surface area contributed by atoms with Gasteiger partial charge in [-0.05, 0) is 6.54 Å². The van der Waals surface area contributed by atoms with Gasteiger partial charge in [0.1, 0.15) is 6.61 Å². The highest BCUT2D eigenvalue weighted by Gasteiger charge is 2.02. The summed E-state index contributed by atoms with van der Waals surface area (Å²) in [5, 5.41) is 5.35. The second-order valence-corrected chi connectivity index (χ2v) is 2.60. The highest BCUT2D eigenvalue weighted by Crippen LogP contribution is 1.90. The third-order valence-electron chi connectivity index (χ3n) is 1.35. The Balaban J connectivity index is 3.15. The van der Waals surface area contributed by atoms with E-state index in [-0.39, 0.29) is 25.6 Å². The van der Waals surface area contributed by atoms with E-state index in [2.05, 4.69) is 15.4 Å². The second kappa shape index (κ2) is 8.83. The average molecular weight is 210 g/mol. The Kier molecular flexibility index (Phi) is 8.36. The van der Waals surface area contributed by atoms with E-state index in [1.807, 2.05) is 6.92 Å². The molecule has 0 aromatic rings. The molecule has 0 bridgehead atoms. The molecule has 0 unspecified atom stereocenters. The molecule has 4 nitrogen and oxygen atoms in total. The minimum atomic E-state index is -2.45. The number of rotatable bonds is 8. The Morgan fingerprint density at radius 3 is 2.79 bits per heavy atom. The highest BCUT2D eigenvalue weighted by atomic mass is 19.3. The summed E-state index contributed by atoms with van der Waals surface area (Å²) < 4.78 is 27.7. The summed E-state index contributed by atoms with van der Waals surface area (Å²) in [5.74, 6) is -0.160. The van der Waals surface area contributed by atoms with Gasteiger partial charge in [0.25, 0.3) is 6.43 Å². The molecule has 0 saturated heterocycles. The lowest BCUT2D eigenvalue weighted by molar-refractivity contribution is -0.120. The highest BCUT2D eigenvalue weighted by molar-refractivity contribution is 5.77. The van der Waals surface area contributed by atoms with E-state index in [1.54, 1.807) is 0 Å². The molecule has 0 heterocycles. The Labute approximate surface area is 82.0 Å². The molecule has 0 aliphatic rings. The van der Waals surface area contributed by atoms with Gasteiger partial charge in [0, 0.05) is 6.54 Å². The number of amides is 1. The van der Waals surface area contributed by atoms with E-state index < -0.39 is 13.0 Å². The minimum absolute atomic E-state index is 0.113. The molecule has 0 radical (unpaired) electrons. The van der Waals surface area contributed by atoms with Crippen molar-refractivity contribution < 1.29 is 18.3 Å². The van der Waals surface area contributed by atoms with E-state index in [1.165, 1.54) is 0 Å². The summed E-state index contributed by atoms with van der Waals surface area (Å²) >= 11 is 0. The fraction of sp³-hybridized carbons (Fsp3) is 0.875. The fourth-order valence-corrected chi connectivity index (χ4v) is 0.736. The maximum Gasteiger partial charge on any atom is 0.261 e. The van der Waals surface area contributed by atoms with Crippen LogP contribution in [0.2, 0.25) is 0 Å². The van der Waals surface area contributed by atoms with Gasteiger partial charge in [-0.15, -0.1) is 0 Å². The van der Waals surface area contributed by atoms with E-state index in [4.69, 9.17) is 0 Å². The first-order valence-electron chi connectivity index (χ1n) is 4.50. The van der Waals surface area contributed by atoms with Crippen molar-refractivity contribution in [2.75, 3.05) is 32.8 Å². The van der Waals surface area contributed by atoms with Gasteiger partial charge >= 0.3 is 0 Å². The summed E-state index contributed by atoms with van der Waals surface area (Å²) in [4.78, 5) is 10.9. The lowest BCUT2D eigenvalue weighted by atomic mass is 10.5. The van der Waals surface area contributed by atoms with Crippen LogP contribution >= 0.6 is 0 Å². The maximum atomic E-state index is 11.6. The van der Waals surface area contributed by atoms with Crippen LogP contribution in [0.3, 0.4) is 0 Å². The number of alkyl halides is 2. The van der Waals surface area contributed by atoms with Crippen LogP contribution in [0.4, 0.5) is 8.78 Å². The zero-order chi connectivity index (χ0) is 10.8. The predicted molar refractivity (Wildman–Crippen MR) is 48.4 cm³/mol. The van der Waals surface area contributed by atoms with Crippen LogP contribution in [-0.2, 0) is 9.53 Å². The van der Waals surface area contributed by atoms with Crippen LogP contribution in [0.25, 0.3) is 0 Å². The van der Waals surface area contributed by atoms with Crippen molar-refractivity contribution in [3.8, 4) is 0 Å². The van der Waals surface area contributed by atoms with Crippen LogP contribution in [0, 0.1) is 0 Å². The average Bonchev–Trinajstić information content (AvgIpc) is 2.13. The largest absolute Gasteiger partial charge is 0.374 e. The molecule has 0 aromatic carbocycles. The molecule has 0 aliphatic carbocycles. The number of hydrogen-bond donors (Lipinski definition) is 2. The zero-order valence-corrected chi connectivity index (χ0v) is 8.19. The zero-order valence-electron chi connectivity index (χ0n) is 8.19. The summed E-state index contributed by atoms with van der Waals surface area (Å²) in [6, 6.07) is 0. The smallest absolute Gasteiger partial charge is 0.261 e. The van der Waals surface area contributed by atoms with Gasteiger partial charge < -0.3 is 15.4 Å². The minimum Gasteiger partial charge on any atom is -0.374 e. The number of hydrogen-bond acceptors (Lipinski definition) is 3. The molecule has 1 amide bonds. The number of nitrogens with one attached hydrogen (secondary N) is 2. The van der Waals surface area contributed by atoms with Crippen molar-refractivity contribution in [3.05, 3.63) is 0 Å². The maximum absolute atomic E-state index is 11.6. The van der Waals surface area contributed by atoms with Crippen molar-refractivity contribution in [2.45, 2.75) is 13.3 Å². The van der Waals surface area contributed by atoms with Crippen LogP contribution in [0.5, 0.6) is 0 Å². The quantitative estimate of drug-likeness (QED) is 0.554. The van der Waals surface area contributed by atoms with E-state index >= 15 is 0 Å². The molecule has 0 aliphatic heterocycles. The van der Waals surface area contributed by atoms with Crippen LogP contribution in [-0.4, -0.2) is 45.2 Å². The Morgan fingerprint density at radius 1 is 1.50 bits per heavy atom. The molecule has 0 atom stereocenters. The molecule has 14 heavy (non-hydrogen) atoms. The van der Waals surface area contributed by atoms with E-state index in [0.717, 1.165) is 6.54 Å². The monoisotopic (exact) mass is 210 g/mol. The SMILES string of the molecule is CCNCC(=O)NCCOCC(F)F. The molecular weight excluding hydrogens is 194 g/mol.